The van der Waals surface area contributed by atoms with E-state index in [1.54, 1.807) is 0 Å². The molecular formula is C9H7ClF3N3. The first kappa shape index (κ1) is 11.2. The van der Waals surface area contributed by atoms with E-state index in [-0.39, 0.29) is 10.8 Å². The highest BCUT2D eigenvalue weighted by Crippen LogP contribution is 2.29. The van der Waals surface area contributed by atoms with E-state index in [0.717, 1.165) is 10.6 Å². The third-order valence-electron chi connectivity index (χ3n) is 2.09. The number of aryl methyl sites for hydroxylation is 1. The Morgan fingerprint density at radius 1 is 1.38 bits per heavy atom. The Kier molecular flexibility index (Phi) is 2.53. The average Bonchev–Trinajstić information content (AvgIpc) is 2.61. The van der Waals surface area contributed by atoms with Crippen molar-refractivity contribution in [1.29, 1.82) is 0 Å². The van der Waals surface area contributed by atoms with Crippen LogP contribution in [0.1, 0.15) is 18.3 Å². The Labute approximate surface area is 93.9 Å². The lowest BCUT2D eigenvalue weighted by molar-refractivity contribution is -0.141. The molecule has 2 aromatic rings. The molecule has 0 unspecified atom stereocenters. The van der Waals surface area contributed by atoms with E-state index < -0.39 is 11.9 Å². The van der Waals surface area contributed by atoms with Crippen LogP contribution in [0.25, 0.3) is 5.65 Å². The predicted octanol–water partition coefficient (Wildman–Crippen LogP) is 2.96. The van der Waals surface area contributed by atoms with Gasteiger partial charge in [-0.3, -0.25) is 0 Å². The molecule has 0 amide bonds. The van der Waals surface area contributed by atoms with Crippen LogP contribution < -0.4 is 0 Å². The first-order chi connectivity index (χ1) is 7.41. The van der Waals surface area contributed by atoms with Crippen LogP contribution in [0.5, 0.6) is 0 Å². The molecule has 0 saturated heterocycles. The Bertz CT molecular complexity index is 533. The molecule has 0 N–H and O–H groups in total. The number of nitrogens with zero attached hydrogens (tertiary/aromatic N) is 3. The van der Waals surface area contributed by atoms with Crippen molar-refractivity contribution >= 4 is 17.2 Å². The van der Waals surface area contributed by atoms with E-state index >= 15 is 0 Å². The minimum Gasteiger partial charge on any atom is -0.233 e. The van der Waals surface area contributed by atoms with Crippen molar-refractivity contribution in [2.24, 2.45) is 0 Å². The minimum absolute atomic E-state index is 0.108. The van der Waals surface area contributed by atoms with Crippen molar-refractivity contribution in [2.75, 3.05) is 0 Å². The highest BCUT2D eigenvalue weighted by molar-refractivity contribution is 6.29. The van der Waals surface area contributed by atoms with Crippen molar-refractivity contribution in [3.05, 3.63) is 28.7 Å². The summed E-state index contributed by atoms with van der Waals surface area (Å²) in [5, 5.41) is 3.48. The molecule has 0 radical (unpaired) electrons. The van der Waals surface area contributed by atoms with Crippen LogP contribution in [0.3, 0.4) is 0 Å². The Balaban J connectivity index is 2.66. The van der Waals surface area contributed by atoms with E-state index in [9.17, 15) is 13.2 Å². The van der Waals surface area contributed by atoms with Crippen molar-refractivity contribution < 1.29 is 13.2 Å². The summed E-state index contributed by atoms with van der Waals surface area (Å²) < 4.78 is 38.2. The molecule has 0 aliphatic heterocycles. The standard InChI is InChI=1S/C9H7ClF3N3/c1-2-5-3-7(10)16-8(14-5)4-6(15-16)9(11,12)13/h3-4H,2H2,1H3. The molecule has 16 heavy (non-hydrogen) atoms. The summed E-state index contributed by atoms with van der Waals surface area (Å²) in [6.45, 7) is 1.84. The lowest BCUT2D eigenvalue weighted by atomic mass is 10.3. The molecule has 2 aromatic heterocycles. The molecule has 7 heteroatoms. The van der Waals surface area contributed by atoms with Gasteiger partial charge in [0.05, 0.1) is 0 Å². The van der Waals surface area contributed by atoms with Gasteiger partial charge in [-0.15, -0.1) is 0 Å². The summed E-state index contributed by atoms with van der Waals surface area (Å²) in [5.41, 5.74) is -0.252. The van der Waals surface area contributed by atoms with E-state index in [4.69, 9.17) is 11.6 Å². The molecule has 86 valence electrons. The van der Waals surface area contributed by atoms with Gasteiger partial charge in [0, 0.05) is 11.8 Å². The quantitative estimate of drug-likeness (QED) is 0.728. The van der Waals surface area contributed by atoms with Gasteiger partial charge in [-0.1, -0.05) is 18.5 Å². The van der Waals surface area contributed by atoms with Crippen LogP contribution >= 0.6 is 11.6 Å². The smallest absolute Gasteiger partial charge is 0.233 e. The fourth-order valence-electron chi connectivity index (χ4n) is 1.31. The molecule has 0 spiro atoms. The lowest BCUT2D eigenvalue weighted by Crippen LogP contribution is -2.06. The van der Waals surface area contributed by atoms with Crippen LogP contribution in [0, 0.1) is 0 Å². The number of halogens is 4. The number of aromatic nitrogens is 3. The van der Waals surface area contributed by atoms with Gasteiger partial charge in [0.1, 0.15) is 5.15 Å². The largest absolute Gasteiger partial charge is 0.435 e. The molecule has 2 rings (SSSR count). The minimum atomic E-state index is -4.48. The Morgan fingerprint density at radius 3 is 2.62 bits per heavy atom. The van der Waals surface area contributed by atoms with Crippen LogP contribution in [0.4, 0.5) is 13.2 Å². The van der Waals surface area contributed by atoms with Crippen molar-refractivity contribution in [1.82, 2.24) is 14.6 Å². The Morgan fingerprint density at radius 2 is 2.06 bits per heavy atom. The van der Waals surface area contributed by atoms with E-state index in [0.29, 0.717) is 12.1 Å². The molecule has 0 bridgehead atoms. The average molecular weight is 250 g/mol. The van der Waals surface area contributed by atoms with E-state index in [2.05, 4.69) is 10.1 Å². The van der Waals surface area contributed by atoms with Crippen molar-refractivity contribution in [3.63, 3.8) is 0 Å². The molecule has 0 aromatic carbocycles. The molecule has 2 heterocycles. The maximum atomic E-state index is 12.4. The van der Waals surface area contributed by atoms with Gasteiger partial charge in [0.2, 0.25) is 0 Å². The van der Waals surface area contributed by atoms with E-state index in [1.165, 1.54) is 6.07 Å². The molecule has 0 aliphatic rings. The van der Waals surface area contributed by atoms with Crippen LogP contribution in [0.2, 0.25) is 5.15 Å². The van der Waals surface area contributed by atoms with Crippen molar-refractivity contribution in [2.45, 2.75) is 19.5 Å². The summed E-state index contributed by atoms with van der Waals surface area (Å²) in [7, 11) is 0. The normalized spacial score (nSPS) is 12.3. The molecule has 0 aliphatic carbocycles. The first-order valence-electron chi connectivity index (χ1n) is 4.54. The van der Waals surface area contributed by atoms with Gasteiger partial charge in [0.15, 0.2) is 11.3 Å². The summed E-state index contributed by atoms with van der Waals surface area (Å²) in [6, 6.07) is 2.38. The summed E-state index contributed by atoms with van der Waals surface area (Å²) in [6.07, 6.45) is -3.88. The van der Waals surface area contributed by atoms with Crippen LogP contribution in [-0.4, -0.2) is 14.6 Å². The Hall–Kier alpha value is -1.30. The zero-order valence-electron chi connectivity index (χ0n) is 8.22. The summed E-state index contributed by atoms with van der Waals surface area (Å²) in [4.78, 5) is 4.00. The first-order valence-corrected chi connectivity index (χ1v) is 4.92. The second-order valence-corrected chi connectivity index (χ2v) is 3.61. The van der Waals surface area contributed by atoms with Crippen LogP contribution in [-0.2, 0) is 12.6 Å². The predicted molar refractivity (Wildman–Crippen MR) is 52.4 cm³/mol. The second-order valence-electron chi connectivity index (χ2n) is 3.22. The zero-order chi connectivity index (χ0) is 11.9. The van der Waals surface area contributed by atoms with Gasteiger partial charge in [0.25, 0.3) is 0 Å². The number of hydrogen-bond donors (Lipinski definition) is 0. The number of fused-ring (bicyclic) bond motifs is 1. The second kappa shape index (κ2) is 3.62. The topological polar surface area (TPSA) is 30.2 Å². The molecular weight excluding hydrogens is 243 g/mol. The van der Waals surface area contributed by atoms with Gasteiger partial charge < -0.3 is 0 Å². The molecule has 0 atom stereocenters. The van der Waals surface area contributed by atoms with Crippen molar-refractivity contribution in [3.8, 4) is 0 Å². The highest BCUT2D eigenvalue weighted by atomic mass is 35.5. The van der Waals surface area contributed by atoms with Gasteiger partial charge in [-0.2, -0.15) is 18.3 Å². The summed E-state index contributed by atoms with van der Waals surface area (Å²) in [5.74, 6) is 0. The van der Waals surface area contributed by atoms with Gasteiger partial charge in [-0.05, 0) is 12.5 Å². The van der Waals surface area contributed by atoms with E-state index in [1.807, 2.05) is 6.92 Å². The lowest BCUT2D eigenvalue weighted by Gasteiger charge is -2.00. The highest BCUT2D eigenvalue weighted by Gasteiger charge is 2.34. The third kappa shape index (κ3) is 1.84. The maximum absolute atomic E-state index is 12.4. The molecule has 0 saturated carbocycles. The van der Waals surface area contributed by atoms with Gasteiger partial charge >= 0.3 is 6.18 Å². The van der Waals surface area contributed by atoms with Crippen LogP contribution in [0.15, 0.2) is 12.1 Å². The number of alkyl halides is 3. The zero-order valence-corrected chi connectivity index (χ0v) is 8.97. The maximum Gasteiger partial charge on any atom is 0.435 e. The molecule has 3 nitrogen and oxygen atoms in total. The monoisotopic (exact) mass is 249 g/mol. The SMILES string of the molecule is CCc1cc(Cl)n2nc(C(F)(F)F)cc2n1. The third-order valence-corrected chi connectivity index (χ3v) is 2.36. The molecule has 0 fully saturated rings. The summed E-state index contributed by atoms with van der Waals surface area (Å²) >= 11 is 5.80. The fourth-order valence-corrected chi connectivity index (χ4v) is 1.56. The van der Waals surface area contributed by atoms with Gasteiger partial charge in [-0.25, -0.2) is 9.50 Å². The fraction of sp³-hybridized carbons (Fsp3) is 0.333. The number of rotatable bonds is 1. The number of hydrogen-bond acceptors (Lipinski definition) is 2.